The third kappa shape index (κ3) is 2.71. The summed E-state index contributed by atoms with van der Waals surface area (Å²) < 4.78 is 5.26. The zero-order chi connectivity index (χ0) is 16.7. The number of ether oxygens (including phenoxy) is 1. The molecular weight excluding hydrogens is 280 g/mol. The predicted molar refractivity (Wildman–Crippen MR) is 98.0 cm³/mol. The maximum absolute atomic E-state index is 5.26. The van der Waals surface area contributed by atoms with Gasteiger partial charge >= 0.3 is 0 Å². The second-order valence-corrected chi connectivity index (χ2v) is 9.07. The summed E-state index contributed by atoms with van der Waals surface area (Å²) in [4.78, 5) is 0. The topological polar surface area (TPSA) is 9.23 Å². The predicted octanol–water partition coefficient (Wildman–Crippen LogP) is 6.28. The number of allylic oxidation sites excluding steroid dienone is 4. The standard InChI is InChI=1S/C22H34O/c1-6-20(2)13-10-18-17(16-20)8-9-19-21(3,14-15-23-5)11-7-12-22(18,19)4/h6,10,14-15,17,19H,1,7-9,11-13,16H2,2-5H3/b15-14+/t17?,19?,20-,21-,22-/m0/s1. The van der Waals surface area contributed by atoms with Gasteiger partial charge in [0.15, 0.2) is 0 Å². The minimum absolute atomic E-state index is 0.286. The highest BCUT2D eigenvalue weighted by Gasteiger charge is 2.54. The zero-order valence-electron chi connectivity index (χ0n) is 15.5. The Kier molecular flexibility index (Phi) is 4.27. The van der Waals surface area contributed by atoms with E-state index in [9.17, 15) is 0 Å². The van der Waals surface area contributed by atoms with Gasteiger partial charge in [0, 0.05) is 0 Å². The van der Waals surface area contributed by atoms with Crippen molar-refractivity contribution in [3.05, 3.63) is 36.6 Å². The molecule has 0 amide bonds. The van der Waals surface area contributed by atoms with Crippen LogP contribution in [0.2, 0.25) is 0 Å². The smallest absolute Gasteiger partial charge is 0.0790 e. The number of fused-ring (bicyclic) bond motifs is 3. The third-order valence-corrected chi connectivity index (χ3v) is 7.46. The molecule has 3 rings (SSSR count). The zero-order valence-corrected chi connectivity index (χ0v) is 15.5. The average molecular weight is 315 g/mol. The first kappa shape index (κ1) is 16.9. The molecule has 0 heterocycles. The molecule has 0 spiro atoms. The Morgan fingerprint density at radius 2 is 2.00 bits per heavy atom. The van der Waals surface area contributed by atoms with E-state index in [1.54, 1.807) is 12.7 Å². The lowest BCUT2D eigenvalue weighted by Crippen LogP contribution is -2.49. The minimum Gasteiger partial charge on any atom is -0.505 e. The van der Waals surface area contributed by atoms with Crippen molar-refractivity contribution >= 4 is 0 Å². The van der Waals surface area contributed by atoms with Crippen molar-refractivity contribution in [3.8, 4) is 0 Å². The van der Waals surface area contributed by atoms with Crippen LogP contribution in [0.4, 0.5) is 0 Å². The van der Waals surface area contributed by atoms with Gasteiger partial charge in [0.1, 0.15) is 0 Å². The van der Waals surface area contributed by atoms with Gasteiger partial charge in [-0.25, -0.2) is 0 Å². The van der Waals surface area contributed by atoms with Crippen molar-refractivity contribution in [1.29, 1.82) is 0 Å². The maximum Gasteiger partial charge on any atom is 0.0790 e. The Hall–Kier alpha value is -0.980. The fourth-order valence-corrected chi connectivity index (χ4v) is 6.09. The summed E-state index contributed by atoms with van der Waals surface area (Å²) in [6.07, 6.45) is 18.3. The summed E-state index contributed by atoms with van der Waals surface area (Å²) in [5.74, 6) is 1.53. The quantitative estimate of drug-likeness (QED) is 0.440. The van der Waals surface area contributed by atoms with Crippen LogP contribution in [0.25, 0.3) is 0 Å². The van der Waals surface area contributed by atoms with Crippen LogP contribution in [0.3, 0.4) is 0 Å². The van der Waals surface area contributed by atoms with E-state index in [1.807, 2.05) is 6.26 Å². The molecule has 0 aromatic heterocycles. The number of rotatable bonds is 3. The normalized spacial score (nSPS) is 46.7. The Balaban J connectivity index is 1.95. The second kappa shape index (κ2) is 5.83. The lowest BCUT2D eigenvalue weighted by Gasteiger charge is -2.58. The third-order valence-electron chi connectivity index (χ3n) is 7.46. The Morgan fingerprint density at radius 3 is 2.70 bits per heavy atom. The lowest BCUT2D eigenvalue weighted by atomic mass is 9.46. The molecule has 0 aliphatic heterocycles. The number of hydrogen-bond donors (Lipinski definition) is 0. The molecule has 0 aromatic carbocycles. The molecule has 0 radical (unpaired) electrons. The van der Waals surface area contributed by atoms with E-state index in [0.717, 1.165) is 11.8 Å². The number of methoxy groups -OCH3 is 1. The molecule has 1 heteroatoms. The summed E-state index contributed by atoms with van der Waals surface area (Å²) in [6.45, 7) is 11.5. The van der Waals surface area contributed by atoms with Gasteiger partial charge in [0.25, 0.3) is 0 Å². The Labute approximate surface area is 142 Å². The molecule has 0 bridgehead atoms. The molecule has 2 saturated carbocycles. The van der Waals surface area contributed by atoms with Crippen LogP contribution in [0, 0.1) is 28.1 Å². The summed E-state index contributed by atoms with van der Waals surface area (Å²) in [7, 11) is 1.76. The van der Waals surface area contributed by atoms with Crippen LogP contribution in [0.5, 0.6) is 0 Å². The first-order valence-electron chi connectivity index (χ1n) is 9.41. The molecule has 23 heavy (non-hydrogen) atoms. The van der Waals surface area contributed by atoms with Gasteiger partial charge < -0.3 is 4.74 Å². The van der Waals surface area contributed by atoms with Crippen molar-refractivity contribution in [1.82, 2.24) is 0 Å². The maximum atomic E-state index is 5.26. The molecular formula is C22H34O. The van der Waals surface area contributed by atoms with Crippen molar-refractivity contribution in [3.63, 3.8) is 0 Å². The molecule has 0 saturated heterocycles. The summed E-state index contributed by atoms with van der Waals surface area (Å²) in [5, 5.41) is 0. The molecule has 2 fully saturated rings. The first-order chi connectivity index (χ1) is 10.9. The van der Waals surface area contributed by atoms with Gasteiger partial charge in [-0.1, -0.05) is 44.9 Å². The Morgan fingerprint density at radius 1 is 1.22 bits per heavy atom. The van der Waals surface area contributed by atoms with E-state index < -0.39 is 0 Å². The highest BCUT2D eigenvalue weighted by Crippen LogP contribution is 2.64. The number of hydrogen-bond acceptors (Lipinski definition) is 1. The van der Waals surface area contributed by atoms with Gasteiger partial charge in [0.2, 0.25) is 0 Å². The average Bonchev–Trinajstić information content (AvgIpc) is 2.52. The van der Waals surface area contributed by atoms with Crippen molar-refractivity contribution in [2.24, 2.45) is 28.1 Å². The molecule has 2 unspecified atom stereocenters. The van der Waals surface area contributed by atoms with Gasteiger partial charge in [-0.2, -0.15) is 0 Å². The van der Waals surface area contributed by atoms with Crippen LogP contribution in [-0.4, -0.2) is 7.11 Å². The van der Waals surface area contributed by atoms with E-state index in [1.165, 1.54) is 44.9 Å². The monoisotopic (exact) mass is 314 g/mol. The van der Waals surface area contributed by atoms with Crippen LogP contribution in [0.1, 0.15) is 65.7 Å². The minimum atomic E-state index is 0.286. The fourth-order valence-electron chi connectivity index (χ4n) is 6.09. The Bertz CT molecular complexity index is 530. The molecule has 3 aliphatic rings. The summed E-state index contributed by atoms with van der Waals surface area (Å²) >= 11 is 0. The van der Waals surface area contributed by atoms with Crippen molar-refractivity contribution in [2.45, 2.75) is 65.7 Å². The summed E-state index contributed by atoms with van der Waals surface area (Å²) in [6, 6.07) is 0. The van der Waals surface area contributed by atoms with Gasteiger partial charge in [0.05, 0.1) is 13.4 Å². The van der Waals surface area contributed by atoms with Gasteiger partial charge in [-0.15, -0.1) is 6.58 Å². The van der Waals surface area contributed by atoms with E-state index in [0.29, 0.717) is 10.8 Å². The molecule has 128 valence electrons. The highest BCUT2D eigenvalue weighted by atomic mass is 16.5. The molecule has 3 aliphatic carbocycles. The largest absolute Gasteiger partial charge is 0.505 e. The van der Waals surface area contributed by atoms with Crippen LogP contribution >= 0.6 is 0 Å². The molecule has 5 atom stereocenters. The van der Waals surface area contributed by atoms with E-state index in [4.69, 9.17) is 4.74 Å². The SMILES string of the molecule is C=C[C@@]1(C)CC=C2C(CCC3[C@@]2(C)CCC[C@@]3(C)/C=C/OC)C1. The van der Waals surface area contributed by atoms with Gasteiger partial charge in [-0.3, -0.25) is 0 Å². The van der Waals surface area contributed by atoms with Crippen molar-refractivity contribution in [2.75, 3.05) is 7.11 Å². The highest BCUT2D eigenvalue weighted by molar-refractivity contribution is 5.29. The van der Waals surface area contributed by atoms with Crippen molar-refractivity contribution < 1.29 is 4.74 Å². The first-order valence-corrected chi connectivity index (χ1v) is 9.41. The second-order valence-electron chi connectivity index (χ2n) is 9.07. The molecule has 1 nitrogen and oxygen atoms in total. The fraction of sp³-hybridized carbons (Fsp3) is 0.727. The van der Waals surface area contributed by atoms with E-state index >= 15 is 0 Å². The lowest BCUT2D eigenvalue weighted by molar-refractivity contribution is 0.0000608. The molecule has 0 N–H and O–H groups in total. The van der Waals surface area contributed by atoms with E-state index in [-0.39, 0.29) is 5.41 Å². The molecule has 0 aromatic rings. The van der Waals surface area contributed by atoms with Crippen LogP contribution in [-0.2, 0) is 4.74 Å². The van der Waals surface area contributed by atoms with Gasteiger partial charge in [-0.05, 0) is 72.7 Å². The van der Waals surface area contributed by atoms with Crippen LogP contribution in [0.15, 0.2) is 36.6 Å². The van der Waals surface area contributed by atoms with Crippen LogP contribution < -0.4 is 0 Å². The van der Waals surface area contributed by atoms with E-state index in [2.05, 4.69) is 45.6 Å². The summed E-state index contributed by atoms with van der Waals surface area (Å²) in [5.41, 5.74) is 2.76.